The zero-order valence-corrected chi connectivity index (χ0v) is 10.8. The molecule has 2 aliphatic heterocycles. The molecular formula is C14H15NO4. The Bertz CT molecular complexity index is 570. The minimum absolute atomic E-state index is 0.200. The van der Waals surface area contributed by atoms with Gasteiger partial charge in [-0.15, -0.1) is 0 Å². The van der Waals surface area contributed by atoms with Crippen LogP contribution in [0.1, 0.15) is 29.3 Å². The van der Waals surface area contributed by atoms with Crippen LogP contribution in [0.4, 0.5) is 0 Å². The third-order valence-electron chi connectivity index (χ3n) is 4.13. The van der Waals surface area contributed by atoms with E-state index in [4.69, 9.17) is 4.74 Å². The fourth-order valence-electron chi connectivity index (χ4n) is 3.31. The lowest BCUT2D eigenvalue weighted by Gasteiger charge is -2.32. The van der Waals surface area contributed by atoms with Crippen molar-refractivity contribution in [1.29, 1.82) is 0 Å². The number of hydrogen-bond acceptors (Lipinski definition) is 4. The van der Waals surface area contributed by atoms with E-state index in [9.17, 15) is 14.7 Å². The molecule has 5 nitrogen and oxygen atoms in total. The number of fused-ring (bicyclic) bond motifs is 3. The Balaban J connectivity index is 2.19. The van der Waals surface area contributed by atoms with Crippen molar-refractivity contribution in [3.8, 4) is 0 Å². The maximum Gasteiger partial charge on any atom is 0.314 e. The first-order valence-electron chi connectivity index (χ1n) is 6.25. The normalized spacial score (nSPS) is 32.2. The smallest absolute Gasteiger partial charge is 0.314 e. The van der Waals surface area contributed by atoms with Crippen LogP contribution in [0.2, 0.25) is 0 Å². The third kappa shape index (κ3) is 1.33. The fourth-order valence-corrected chi connectivity index (χ4v) is 3.31. The number of amides is 1. The minimum Gasteiger partial charge on any atom is -0.469 e. The van der Waals surface area contributed by atoms with Crippen molar-refractivity contribution in [1.82, 2.24) is 4.90 Å². The summed E-state index contributed by atoms with van der Waals surface area (Å²) in [5, 5.41) is 11.0. The predicted octanol–water partition coefficient (Wildman–Crippen LogP) is 0.869. The lowest BCUT2D eigenvalue weighted by Crippen LogP contribution is -2.46. The summed E-state index contributed by atoms with van der Waals surface area (Å²) in [6.07, 6.45) is 0.406. The second kappa shape index (κ2) is 3.81. The first-order valence-corrected chi connectivity index (χ1v) is 6.25. The van der Waals surface area contributed by atoms with E-state index in [1.165, 1.54) is 12.0 Å². The highest BCUT2D eigenvalue weighted by molar-refractivity contribution is 6.01. The number of aliphatic hydroxyl groups is 1. The third-order valence-corrected chi connectivity index (χ3v) is 4.13. The summed E-state index contributed by atoms with van der Waals surface area (Å²) in [7, 11) is 1.29. The Kier molecular flexibility index (Phi) is 2.44. The van der Waals surface area contributed by atoms with Crippen LogP contribution in [0.5, 0.6) is 0 Å². The number of hydrogen-bond donors (Lipinski definition) is 1. The molecule has 2 aliphatic rings. The van der Waals surface area contributed by atoms with Crippen molar-refractivity contribution in [2.75, 3.05) is 7.11 Å². The SMILES string of the molecule is COC(=O)[C@H]1C[C@@H](C)N2C(=O)c3ccccc3[C@]12O. The average Bonchev–Trinajstić information content (AvgIpc) is 2.81. The Morgan fingerprint density at radius 2 is 2.16 bits per heavy atom. The molecular weight excluding hydrogens is 246 g/mol. The van der Waals surface area contributed by atoms with E-state index in [0.717, 1.165) is 0 Å². The summed E-state index contributed by atoms with van der Waals surface area (Å²) in [6.45, 7) is 1.83. The van der Waals surface area contributed by atoms with Crippen LogP contribution < -0.4 is 0 Å². The van der Waals surface area contributed by atoms with Gasteiger partial charge in [0.05, 0.1) is 7.11 Å². The molecule has 0 aliphatic carbocycles. The summed E-state index contributed by atoms with van der Waals surface area (Å²) >= 11 is 0. The summed E-state index contributed by atoms with van der Waals surface area (Å²) in [4.78, 5) is 25.7. The predicted molar refractivity (Wildman–Crippen MR) is 66.1 cm³/mol. The topological polar surface area (TPSA) is 66.8 Å². The number of benzene rings is 1. The molecule has 1 aromatic carbocycles. The first kappa shape index (κ1) is 12.2. The number of nitrogens with zero attached hydrogens (tertiary/aromatic N) is 1. The first-order chi connectivity index (χ1) is 9.01. The van der Waals surface area contributed by atoms with Crippen molar-refractivity contribution >= 4 is 11.9 Å². The van der Waals surface area contributed by atoms with Gasteiger partial charge >= 0.3 is 5.97 Å². The van der Waals surface area contributed by atoms with Crippen LogP contribution in [0, 0.1) is 5.92 Å². The van der Waals surface area contributed by atoms with E-state index in [1.807, 2.05) is 6.92 Å². The molecule has 3 atom stereocenters. The molecule has 1 aromatic rings. The maximum atomic E-state index is 12.4. The highest BCUT2D eigenvalue weighted by Crippen LogP contribution is 2.51. The molecule has 19 heavy (non-hydrogen) atoms. The number of methoxy groups -OCH3 is 1. The van der Waals surface area contributed by atoms with Crippen LogP contribution >= 0.6 is 0 Å². The summed E-state index contributed by atoms with van der Waals surface area (Å²) in [5.41, 5.74) is -0.606. The highest BCUT2D eigenvalue weighted by atomic mass is 16.5. The van der Waals surface area contributed by atoms with Crippen LogP contribution in [-0.4, -0.2) is 35.0 Å². The van der Waals surface area contributed by atoms with Gasteiger partial charge in [0.1, 0.15) is 5.92 Å². The standard InChI is InChI=1S/C14H15NO4/c1-8-7-11(13(17)19-2)14(18)10-6-4-3-5-9(10)12(16)15(8)14/h3-6,8,11,18H,7H2,1-2H3/t8-,11-,14+/m1/s1. The van der Waals surface area contributed by atoms with Crippen molar-refractivity contribution in [3.63, 3.8) is 0 Å². The van der Waals surface area contributed by atoms with Gasteiger partial charge in [-0.25, -0.2) is 0 Å². The molecule has 1 N–H and O–H groups in total. The summed E-state index contributed by atoms with van der Waals surface area (Å²) < 4.78 is 4.77. The van der Waals surface area contributed by atoms with Gasteiger partial charge in [-0.1, -0.05) is 18.2 Å². The van der Waals surface area contributed by atoms with Gasteiger partial charge in [-0.3, -0.25) is 9.59 Å². The molecule has 0 bridgehead atoms. The molecule has 1 saturated heterocycles. The average molecular weight is 261 g/mol. The Labute approximate surface area is 110 Å². The van der Waals surface area contributed by atoms with Gasteiger partial charge in [0.2, 0.25) is 0 Å². The maximum absolute atomic E-state index is 12.4. The van der Waals surface area contributed by atoms with E-state index in [1.54, 1.807) is 24.3 Å². The van der Waals surface area contributed by atoms with Crippen molar-refractivity contribution in [3.05, 3.63) is 35.4 Å². The number of carbonyl (C=O) groups is 2. The largest absolute Gasteiger partial charge is 0.469 e. The lowest BCUT2D eigenvalue weighted by molar-refractivity contribution is -0.162. The highest BCUT2D eigenvalue weighted by Gasteiger charge is 2.62. The second-order valence-corrected chi connectivity index (χ2v) is 5.11. The lowest BCUT2D eigenvalue weighted by atomic mass is 9.89. The molecule has 5 heteroatoms. The molecule has 1 amide bonds. The minimum atomic E-state index is -1.57. The van der Waals surface area contributed by atoms with Gasteiger partial charge in [0, 0.05) is 17.2 Å². The quantitative estimate of drug-likeness (QED) is 0.762. The molecule has 100 valence electrons. The fraction of sp³-hybridized carbons (Fsp3) is 0.429. The molecule has 1 fully saturated rings. The van der Waals surface area contributed by atoms with Crippen LogP contribution in [0.15, 0.2) is 24.3 Å². The summed E-state index contributed by atoms with van der Waals surface area (Å²) in [6, 6.07) is 6.68. The van der Waals surface area contributed by atoms with E-state index in [2.05, 4.69) is 0 Å². The Hall–Kier alpha value is -1.88. The molecule has 0 radical (unpaired) electrons. The molecule has 2 heterocycles. The van der Waals surface area contributed by atoms with Gasteiger partial charge < -0.3 is 14.7 Å². The van der Waals surface area contributed by atoms with E-state index in [-0.39, 0.29) is 11.9 Å². The van der Waals surface area contributed by atoms with Crippen molar-refractivity contribution in [2.45, 2.75) is 25.1 Å². The van der Waals surface area contributed by atoms with Crippen LogP contribution in [-0.2, 0) is 15.3 Å². The van der Waals surface area contributed by atoms with Gasteiger partial charge in [-0.05, 0) is 19.4 Å². The van der Waals surface area contributed by atoms with Crippen LogP contribution in [0.3, 0.4) is 0 Å². The summed E-state index contributed by atoms with van der Waals surface area (Å²) in [5.74, 6) is -1.45. The Morgan fingerprint density at radius 1 is 1.47 bits per heavy atom. The molecule has 0 aromatic heterocycles. The van der Waals surface area contributed by atoms with E-state index in [0.29, 0.717) is 17.5 Å². The monoisotopic (exact) mass is 261 g/mol. The molecule has 0 unspecified atom stereocenters. The van der Waals surface area contributed by atoms with Crippen LogP contribution in [0.25, 0.3) is 0 Å². The molecule has 0 spiro atoms. The zero-order chi connectivity index (χ0) is 13.8. The number of ether oxygens (including phenoxy) is 1. The number of rotatable bonds is 1. The molecule has 0 saturated carbocycles. The zero-order valence-electron chi connectivity index (χ0n) is 10.8. The van der Waals surface area contributed by atoms with Gasteiger partial charge in [0.25, 0.3) is 5.91 Å². The van der Waals surface area contributed by atoms with Gasteiger partial charge in [0.15, 0.2) is 5.72 Å². The van der Waals surface area contributed by atoms with Crippen molar-refractivity contribution in [2.24, 2.45) is 5.92 Å². The Morgan fingerprint density at radius 3 is 2.84 bits per heavy atom. The molecule has 3 rings (SSSR count). The van der Waals surface area contributed by atoms with E-state index >= 15 is 0 Å². The van der Waals surface area contributed by atoms with E-state index < -0.39 is 17.6 Å². The second-order valence-electron chi connectivity index (χ2n) is 5.11. The van der Waals surface area contributed by atoms with Gasteiger partial charge in [-0.2, -0.15) is 0 Å². The number of carbonyl (C=O) groups excluding carboxylic acids is 2. The number of esters is 1. The van der Waals surface area contributed by atoms with Crippen molar-refractivity contribution < 1.29 is 19.4 Å².